The molecular formula is C9H15N3O. The van der Waals surface area contributed by atoms with E-state index in [4.69, 9.17) is 5.26 Å². The summed E-state index contributed by atoms with van der Waals surface area (Å²) in [6.45, 7) is 2.11. The fraction of sp³-hybridized carbons (Fsp3) is 0.778. The van der Waals surface area contributed by atoms with E-state index in [1.54, 1.807) is 7.05 Å². The van der Waals surface area contributed by atoms with E-state index in [9.17, 15) is 4.79 Å². The van der Waals surface area contributed by atoms with E-state index in [1.165, 1.54) is 0 Å². The van der Waals surface area contributed by atoms with Gasteiger partial charge in [-0.15, -0.1) is 0 Å². The molecule has 1 saturated heterocycles. The summed E-state index contributed by atoms with van der Waals surface area (Å²) >= 11 is 0. The van der Waals surface area contributed by atoms with Crippen molar-refractivity contribution in [3.8, 4) is 6.07 Å². The molecule has 0 radical (unpaired) electrons. The van der Waals surface area contributed by atoms with E-state index in [-0.39, 0.29) is 11.8 Å². The van der Waals surface area contributed by atoms with Gasteiger partial charge in [-0.25, -0.2) is 0 Å². The first kappa shape index (κ1) is 10.0. The Balaban J connectivity index is 2.42. The molecule has 0 saturated carbocycles. The van der Waals surface area contributed by atoms with Crippen LogP contribution in [0.4, 0.5) is 0 Å². The number of nitrogens with zero attached hydrogens (tertiary/aromatic N) is 2. The van der Waals surface area contributed by atoms with Crippen LogP contribution in [0.2, 0.25) is 0 Å². The van der Waals surface area contributed by atoms with Crippen LogP contribution in [0.25, 0.3) is 0 Å². The lowest BCUT2D eigenvalue weighted by Gasteiger charge is -2.29. The monoisotopic (exact) mass is 181 g/mol. The molecule has 0 spiro atoms. The molecule has 1 rings (SSSR count). The predicted molar refractivity (Wildman–Crippen MR) is 48.8 cm³/mol. The van der Waals surface area contributed by atoms with E-state index in [2.05, 4.69) is 11.4 Å². The van der Waals surface area contributed by atoms with Crippen LogP contribution in [0, 0.1) is 17.2 Å². The second-order valence-corrected chi connectivity index (χ2v) is 3.35. The van der Waals surface area contributed by atoms with Crippen LogP contribution >= 0.6 is 0 Å². The molecule has 0 bridgehead atoms. The van der Waals surface area contributed by atoms with Crippen LogP contribution in [0.1, 0.15) is 12.8 Å². The average Bonchev–Trinajstić information content (AvgIpc) is 2.18. The molecule has 4 nitrogen and oxygen atoms in total. The highest BCUT2D eigenvalue weighted by Gasteiger charge is 2.24. The third-order valence-corrected chi connectivity index (χ3v) is 2.42. The first-order valence-electron chi connectivity index (χ1n) is 4.59. The lowest BCUT2D eigenvalue weighted by Crippen LogP contribution is -2.42. The first-order valence-corrected chi connectivity index (χ1v) is 4.59. The Hall–Kier alpha value is -1.08. The zero-order valence-corrected chi connectivity index (χ0v) is 7.92. The molecule has 72 valence electrons. The standard InChI is InChI=1S/C9H15N3O/c1-11-9(13)8-3-2-5-12(7-8)6-4-10/h8H,2-3,5-7H2,1H3,(H,11,13). The minimum absolute atomic E-state index is 0.0760. The number of hydrogen-bond acceptors (Lipinski definition) is 3. The summed E-state index contributed by atoms with van der Waals surface area (Å²) in [6.07, 6.45) is 1.96. The molecule has 0 aromatic carbocycles. The highest BCUT2D eigenvalue weighted by Crippen LogP contribution is 2.15. The summed E-state index contributed by atoms with van der Waals surface area (Å²) in [7, 11) is 1.66. The maximum atomic E-state index is 11.3. The minimum atomic E-state index is 0.0760. The highest BCUT2D eigenvalue weighted by molar-refractivity contribution is 5.78. The Labute approximate surface area is 78.5 Å². The summed E-state index contributed by atoms with van der Waals surface area (Å²) in [5.74, 6) is 0.176. The Morgan fingerprint density at radius 2 is 2.54 bits per heavy atom. The van der Waals surface area contributed by atoms with E-state index in [0.717, 1.165) is 25.9 Å². The molecular weight excluding hydrogens is 166 g/mol. The van der Waals surface area contributed by atoms with Crippen molar-refractivity contribution in [3.63, 3.8) is 0 Å². The summed E-state index contributed by atoms with van der Waals surface area (Å²) in [4.78, 5) is 13.3. The number of nitriles is 1. The lowest BCUT2D eigenvalue weighted by atomic mass is 9.97. The van der Waals surface area contributed by atoms with Gasteiger partial charge >= 0.3 is 0 Å². The van der Waals surface area contributed by atoms with Gasteiger partial charge in [-0.3, -0.25) is 9.69 Å². The zero-order chi connectivity index (χ0) is 9.68. The molecule has 1 heterocycles. The van der Waals surface area contributed by atoms with Gasteiger partial charge in [0.1, 0.15) is 0 Å². The van der Waals surface area contributed by atoms with Crippen molar-refractivity contribution in [1.82, 2.24) is 10.2 Å². The van der Waals surface area contributed by atoms with Crippen molar-refractivity contribution in [2.75, 3.05) is 26.7 Å². The van der Waals surface area contributed by atoms with Gasteiger partial charge in [0, 0.05) is 13.6 Å². The largest absolute Gasteiger partial charge is 0.359 e. The van der Waals surface area contributed by atoms with Gasteiger partial charge < -0.3 is 5.32 Å². The maximum Gasteiger partial charge on any atom is 0.224 e. The lowest BCUT2D eigenvalue weighted by molar-refractivity contribution is -0.126. The van der Waals surface area contributed by atoms with Crippen molar-refractivity contribution >= 4 is 5.91 Å². The van der Waals surface area contributed by atoms with E-state index >= 15 is 0 Å². The van der Waals surface area contributed by atoms with E-state index in [0.29, 0.717) is 6.54 Å². The Morgan fingerprint density at radius 3 is 3.15 bits per heavy atom. The zero-order valence-electron chi connectivity index (χ0n) is 7.92. The normalized spacial score (nSPS) is 23.5. The van der Waals surface area contributed by atoms with Crippen LogP contribution < -0.4 is 5.32 Å². The van der Waals surface area contributed by atoms with Crippen LogP contribution in [0.5, 0.6) is 0 Å². The molecule has 1 aliphatic heterocycles. The summed E-state index contributed by atoms with van der Waals surface area (Å²) in [5, 5.41) is 11.2. The molecule has 4 heteroatoms. The van der Waals surface area contributed by atoms with Gasteiger partial charge in [-0.05, 0) is 19.4 Å². The van der Waals surface area contributed by atoms with E-state index in [1.807, 2.05) is 4.90 Å². The summed E-state index contributed by atoms with van der Waals surface area (Å²) < 4.78 is 0. The fourth-order valence-corrected chi connectivity index (χ4v) is 1.72. The second kappa shape index (κ2) is 4.83. The van der Waals surface area contributed by atoms with Crippen LogP contribution in [-0.2, 0) is 4.79 Å². The molecule has 0 aromatic heterocycles. The fourth-order valence-electron chi connectivity index (χ4n) is 1.72. The highest BCUT2D eigenvalue weighted by atomic mass is 16.1. The number of rotatable bonds is 2. The van der Waals surface area contributed by atoms with Gasteiger partial charge in [0.15, 0.2) is 0 Å². The summed E-state index contributed by atoms with van der Waals surface area (Å²) in [5.41, 5.74) is 0. The third kappa shape index (κ3) is 2.71. The molecule has 0 aromatic rings. The van der Waals surface area contributed by atoms with Crippen molar-refractivity contribution in [2.45, 2.75) is 12.8 Å². The quantitative estimate of drug-likeness (QED) is 0.608. The van der Waals surface area contributed by atoms with Gasteiger partial charge in [-0.2, -0.15) is 5.26 Å². The molecule has 0 aliphatic carbocycles. The van der Waals surface area contributed by atoms with Crippen LogP contribution in [0.3, 0.4) is 0 Å². The predicted octanol–water partition coefficient (Wildman–Crippen LogP) is -0.0320. The van der Waals surface area contributed by atoms with Crippen molar-refractivity contribution < 1.29 is 4.79 Å². The molecule has 1 amide bonds. The van der Waals surface area contributed by atoms with E-state index < -0.39 is 0 Å². The van der Waals surface area contributed by atoms with Crippen molar-refractivity contribution in [2.24, 2.45) is 5.92 Å². The SMILES string of the molecule is CNC(=O)C1CCCN(CC#N)C1. The van der Waals surface area contributed by atoms with Gasteiger partial charge in [-0.1, -0.05) is 0 Å². The number of hydrogen-bond donors (Lipinski definition) is 1. The van der Waals surface area contributed by atoms with Gasteiger partial charge in [0.2, 0.25) is 5.91 Å². The van der Waals surface area contributed by atoms with Gasteiger partial charge in [0.25, 0.3) is 0 Å². The smallest absolute Gasteiger partial charge is 0.224 e. The molecule has 1 fully saturated rings. The number of carbonyl (C=O) groups is 1. The Bertz CT molecular complexity index is 221. The number of nitrogens with one attached hydrogen (secondary N) is 1. The average molecular weight is 181 g/mol. The Kier molecular flexibility index (Phi) is 3.71. The number of piperidine rings is 1. The Morgan fingerprint density at radius 1 is 1.77 bits per heavy atom. The number of amides is 1. The van der Waals surface area contributed by atoms with Gasteiger partial charge in [0.05, 0.1) is 18.5 Å². The molecule has 1 N–H and O–H groups in total. The number of likely N-dealkylation sites (tertiary alicyclic amines) is 1. The number of carbonyl (C=O) groups excluding carboxylic acids is 1. The molecule has 13 heavy (non-hydrogen) atoms. The first-order chi connectivity index (χ1) is 6.27. The minimum Gasteiger partial charge on any atom is -0.359 e. The van der Waals surface area contributed by atoms with Crippen LogP contribution in [-0.4, -0.2) is 37.5 Å². The van der Waals surface area contributed by atoms with Crippen molar-refractivity contribution in [1.29, 1.82) is 5.26 Å². The second-order valence-electron chi connectivity index (χ2n) is 3.35. The molecule has 1 atom stereocenters. The van der Waals surface area contributed by atoms with Crippen LogP contribution in [0.15, 0.2) is 0 Å². The molecule has 1 aliphatic rings. The summed E-state index contributed by atoms with van der Waals surface area (Å²) in [6, 6.07) is 2.11. The topological polar surface area (TPSA) is 56.1 Å². The van der Waals surface area contributed by atoms with Crippen molar-refractivity contribution in [3.05, 3.63) is 0 Å². The third-order valence-electron chi connectivity index (χ3n) is 2.42. The maximum absolute atomic E-state index is 11.3. The molecule has 1 unspecified atom stereocenters.